The minimum Gasteiger partial charge on any atom is -0.349 e. The van der Waals surface area contributed by atoms with Crippen molar-refractivity contribution in [1.82, 2.24) is 10.6 Å². The zero-order valence-corrected chi connectivity index (χ0v) is 14.2. The van der Waals surface area contributed by atoms with E-state index in [1.165, 1.54) is 0 Å². The Bertz CT molecular complexity index is 679. The lowest BCUT2D eigenvalue weighted by Crippen LogP contribution is -2.34. The van der Waals surface area contributed by atoms with E-state index in [-0.39, 0.29) is 29.2 Å². The Morgan fingerprint density at radius 2 is 2.08 bits per heavy atom. The Hall–Kier alpha value is -1.88. The van der Waals surface area contributed by atoms with Crippen LogP contribution in [0.5, 0.6) is 0 Å². The number of carbonyl (C=O) groups is 2. The molecule has 4 rings (SSSR count). The highest BCUT2D eigenvalue weighted by Gasteiger charge is 2.57. The average Bonchev–Trinajstić information content (AvgIpc) is 3.28. The van der Waals surface area contributed by atoms with E-state index in [9.17, 15) is 9.59 Å². The standard InChI is InChI=1S/C19H25N3O2/c1-12(13-2-4-16-14(10-13)3-5-17(23)22-16)21-18(24)15-11-19(15)6-8-20-9-7-19/h2,4,10,12,15,20H,3,5-9,11H2,1H3,(H,21,24)(H,22,23). The molecule has 0 radical (unpaired) electrons. The zero-order valence-electron chi connectivity index (χ0n) is 14.2. The summed E-state index contributed by atoms with van der Waals surface area (Å²) >= 11 is 0. The molecule has 3 aliphatic rings. The molecule has 1 aromatic rings. The molecule has 2 unspecified atom stereocenters. The van der Waals surface area contributed by atoms with Crippen LogP contribution < -0.4 is 16.0 Å². The molecule has 1 aromatic carbocycles. The predicted molar refractivity (Wildman–Crippen MR) is 92.6 cm³/mol. The smallest absolute Gasteiger partial charge is 0.224 e. The largest absolute Gasteiger partial charge is 0.349 e. The second-order valence-corrected chi connectivity index (χ2v) is 7.56. The molecular formula is C19H25N3O2. The summed E-state index contributed by atoms with van der Waals surface area (Å²) in [5.41, 5.74) is 3.45. The maximum absolute atomic E-state index is 12.6. The van der Waals surface area contributed by atoms with Crippen molar-refractivity contribution in [3.63, 3.8) is 0 Å². The highest BCUT2D eigenvalue weighted by Crippen LogP contribution is 2.58. The molecule has 2 fully saturated rings. The average molecular weight is 327 g/mol. The van der Waals surface area contributed by atoms with Gasteiger partial charge in [0.1, 0.15) is 0 Å². The third kappa shape index (κ3) is 2.81. The molecule has 0 bridgehead atoms. The van der Waals surface area contributed by atoms with Crippen LogP contribution in [0.4, 0.5) is 5.69 Å². The lowest BCUT2D eigenvalue weighted by Gasteiger charge is -2.24. The van der Waals surface area contributed by atoms with Crippen LogP contribution in [0.15, 0.2) is 18.2 Å². The Morgan fingerprint density at radius 1 is 1.29 bits per heavy atom. The topological polar surface area (TPSA) is 70.2 Å². The van der Waals surface area contributed by atoms with Crippen LogP contribution in [-0.4, -0.2) is 24.9 Å². The van der Waals surface area contributed by atoms with Gasteiger partial charge >= 0.3 is 0 Å². The van der Waals surface area contributed by atoms with E-state index >= 15 is 0 Å². The molecule has 5 heteroatoms. The van der Waals surface area contributed by atoms with Gasteiger partial charge in [-0.25, -0.2) is 0 Å². The highest BCUT2D eigenvalue weighted by molar-refractivity contribution is 5.94. The number of hydrogen-bond donors (Lipinski definition) is 3. The molecule has 1 saturated carbocycles. The molecule has 128 valence electrons. The Balaban J connectivity index is 1.40. The van der Waals surface area contributed by atoms with Crippen molar-refractivity contribution in [2.75, 3.05) is 18.4 Å². The first-order chi connectivity index (χ1) is 11.6. The molecule has 0 aromatic heterocycles. The molecule has 2 heterocycles. The number of fused-ring (bicyclic) bond motifs is 1. The van der Waals surface area contributed by atoms with E-state index in [1.54, 1.807) is 0 Å². The summed E-state index contributed by atoms with van der Waals surface area (Å²) in [6, 6.07) is 6.07. The monoisotopic (exact) mass is 327 g/mol. The van der Waals surface area contributed by atoms with Gasteiger partial charge in [0, 0.05) is 18.0 Å². The molecule has 2 amide bonds. The predicted octanol–water partition coefficient (Wildman–Crippen LogP) is 2.14. The van der Waals surface area contributed by atoms with Crippen molar-refractivity contribution in [3.05, 3.63) is 29.3 Å². The molecule has 2 atom stereocenters. The van der Waals surface area contributed by atoms with Crippen LogP contribution in [0, 0.1) is 11.3 Å². The summed E-state index contributed by atoms with van der Waals surface area (Å²) in [6.45, 7) is 4.12. The van der Waals surface area contributed by atoms with Crippen LogP contribution in [0.25, 0.3) is 0 Å². The van der Waals surface area contributed by atoms with Crippen molar-refractivity contribution >= 4 is 17.5 Å². The Morgan fingerprint density at radius 3 is 2.88 bits per heavy atom. The molecule has 3 N–H and O–H groups in total. The zero-order chi connectivity index (χ0) is 16.7. The molecular weight excluding hydrogens is 302 g/mol. The second kappa shape index (κ2) is 5.88. The van der Waals surface area contributed by atoms with Gasteiger partial charge in [-0.1, -0.05) is 12.1 Å². The minimum atomic E-state index is -0.000191. The molecule has 2 aliphatic heterocycles. The van der Waals surface area contributed by atoms with E-state index in [0.29, 0.717) is 6.42 Å². The number of hydrogen-bond acceptors (Lipinski definition) is 3. The Kier molecular flexibility index (Phi) is 3.83. The first-order valence-electron chi connectivity index (χ1n) is 9.01. The fourth-order valence-corrected chi connectivity index (χ4v) is 4.27. The third-order valence-corrected chi connectivity index (χ3v) is 5.99. The number of rotatable bonds is 3. The van der Waals surface area contributed by atoms with E-state index < -0.39 is 0 Å². The van der Waals surface area contributed by atoms with Gasteiger partial charge < -0.3 is 16.0 Å². The maximum Gasteiger partial charge on any atom is 0.224 e. The fourth-order valence-electron chi connectivity index (χ4n) is 4.27. The third-order valence-electron chi connectivity index (χ3n) is 5.99. The summed E-state index contributed by atoms with van der Waals surface area (Å²) in [5, 5.41) is 9.48. The van der Waals surface area contributed by atoms with Gasteiger partial charge in [0.05, 0.1) is 6.04 Å². The lowest BCUT2D eigenvalue weighted by molar-refractivity contribution is -0.124. The van der Waals surface area contributed by atoms with Gasteiger partial charge in [-0.2, -0.15) is 0 Å². The van der Waals surface area contributed by atoms with Gasteiger partial charge in [0.15, 0.2) is 0 Å². The SMILES string of the molecule is CC(NC(=O)C1CC12CCNCC2)c1ccc2c(c1)CCC(=O)N2. The van der Waals surface area contributed by atoms with Gasteiger partial charge in [0.25, 0.3) is 0 Å². The van der Waals surface area contributed by atoms with Crippen molar-refractivity contribution in [1.29, 1.82) is 0 Å². The summed E-state index contributed by atoms with van der Waals surface area (Å²) in [4.78, 5) is 24.1. The first kappa shape index (κ1) is 15.6. The second-order valence-electron chi connectivity index (χ2n) is 7.56. The number of piperidine rings is 1. The minimum absolute atomic E-state index is 0.000191. The van der Waals surface area contributed by atoms with Crippen molar-refractivity contribution in [2.24, 2.45) is 11.3 Å². The molecule has 1 aliphatic carbocycles. The molecule has 5 nitrogen and oxygen atoms in total. The summed E-state index contributed by atoms with van der Waals surface area (Å²) in [7, 11) is 0. The molecule has 1 saturated heterocycles. The molecule has 1 spiro atoms. The number of aryl methyl sites for hydroxylation is 1. The Labute approximate surface area is 142 Å². The van der Waals surface area contributed by atoms with Gasteiger partial charge in [0.2, 0.25) is 11.8 Å². The van der Waals surface area contributed by atoms with Crippen LogP contribution >= 0.6 is 0 Å². The van der Waals surface area contributed by atoms with E-state index in [2.05, 4.69) is 22.0 Å². The van der Waals surface area contributed by atoms with Crippen LogP contribution in [0.2, 0.25) is 0 Å². The van der Waals surface area contributed by atoms with Crippen molar-refractivity contribution in [3.8, 4) is 0 Å². The van der Waals surface area contributed by atoms with Gasteiger partial charge in [-0.05, 0) is 68.3 Å². The summed E-state index contributed by atoms with van der Waals surface area (Å²) in [6.07, 6.45) is 4.60. The van der Waals surface area contributed by atoms with Gasteiger partial charge in [-0.3, -0.25) is 9.59 Å². The van der Waals surface area contributed by atoms with Gasteiger partial charge in [-0.15, -0.1) is 0 Å². The van der Waals surface area contributed by atoms with E-state index in [0.717, 1.165) is 55.6 Å². The fraction of sp³-hybridized carbons (Fsp3) is 0.579. The maximum atomic E-state index is 12.6. The van der Waals surface area contributed by atoms with Crippen LogP contribution in [0.3, 0.4) is 0 Å². The van der Waals surface area contributed by atoms with Crippen molar-refractivity contribution < 1.29 is 9.59 Å². The number of benzene rings is 1. The summed E-state index contributed by atoms with van der Waals surface area (Å²) in [5.74, 6) is 0.479. The number of nitrogens with one attached hydrogen (secondary N) is 3. The summed E-state index contributed by atoms with van der Waals surface area (Å²) < 4.78 is 0. The highest BCUT2D eigenvalue weighted by atomic mass is 16.2. The number of anilines is 1. The van der Waals surface area contributed by atoms with E-state index in [4.69, 9.17) is 0 Å². The normalized spacial score (nSPS) is 25.5. The number of carbonyl (C=O) groups excluding carboxylic acids is 2. The molecule has 24 heavy (non-hydrogen) atoms. The number of amides is 2. The quantitative estimate of drug-likeness (QED) is 0.796. The van der Waals surface area contributed by atoms with Crippen LogP contribution in [-0.2, 0) is 16.0 Å². The lowest BCUT2D eigenvalue weighted by atomic mass is 9.91. The first-order valence-corrected chi connectivity index (χ1v) is 9.01. The van der Waals surface area contributed by atoms with Crippen LogP contribution in [0.1, 0.15) is 49.8 Å². The van der Waals surface area contributed by atoms with Crippen molar-refractivity contribution in [2.45, 2.75) is 45.1 Å². The van der Waals surface area contributed by atoms with E-state index in [1.807, 2.05) is 19.1 Å².